The van der Waals surface area contributed by atoms with Crippen LogP contribution in [0, 0.1) is 20.2 Å². The van der Waals surface area contributed by atoms with Crippen LogP contribution in [0.1, 0.15) is 6.92 Å². The minimum atomic E-state index is -0.466. The van der Waals surface area contributed by atoms with E-state index in [0.29, 0.717) is 17.3 Å². The zero-order valence-electron chi connectivity index (χ0n) is 11.1. The number of nitro benzene ring substituents is 2. The molecule has 2 aromatic carbocycles. The van der Waals surface area contributed by atoms with Crippen molar-refractivity contribution in [2.45, 2.75) is 13.5 Å². The highest BCUT2D eigenvalue weighted by molar-refractivity contribution is 6.09. The van der Waals surface area contributed by atoms with E-state index < -0.39 is 9.85 Å². The molecule has 0 saturated carbocycles. The molecule has 7 nitrogen and oxygen atoms in total. The van der Waals surface area contributed by atoms with Crippen LogP contribution in [-0.4, -0.2) is 14.4 Å². The quantitative estimate of drug-likeness (QED) is 0.542. The van der Waals surface area contributed by atoms with E-state index in [2.05, 4.69) is 0 Å². The number of non-ortho nitro benzene ring substituents is 2. The Morgan fingerprint density at radius 3 is 1.67 bits per heavy atom. The molecule has 0 saturated heterocycles. The van der Waals surface area contributed by atoms with Gasteiger partial charge in [-0.3, -0.25) is 20.2 Å². The largest absolute Gasteiger partial charge is 0.341 e. The molecule has 0 aliphatic heterocycles. The van der Waals surface area contributed by atoms with Crippen LogP contribution in [0.3, 0.4) is 0 Å². The van der Waals surface area contributed by atoms with Crippen LogP contribution >= 0.6 is 0 Å². The number of benzene rings is 2. The van der Waals surface area contributed by atoms with Gasteiger partial charge in [0.15, 0.2) is 0 Å². The molecule has 3 rings (SSSR count). The molecule has 0 amide bonds. The zero-order chi connectivity index (χ0) is 15.1. The molecule has 0 fully saturated rings. The lowest BCUT2D eigenvalue weighted by Gasteiger charge is -2.02. The SMILES string of the molecule is CCn1c2ccc([N+](=O)[O-])cc2c2cc([N+](=O)[O-])ccc21. The lowest BCUT2D eigenvalue weighted by atomic mass is 10.1. The first kappa shape index (κ1) is 13.0. The lowest BCUT2D eigenvalue weighted by Crippen LogP contribution is -1.93. The molecule has 0 unspecified atom stereocenters. The second-order valence-corrected chi connectivity index (χ2v) is 4.66. The smallest absolute Gasteiger partial charge is 0.270 e. The molecule has 106 valence electrons. The highest BCUT2D eigenvalue weighted by atomic mass is 16.6. The van der Waals surface area contributed by atoms with Crippen LogP contribution in [0.4, 0.5) is 11.4 Å². The third kappa shape index (κ3) is 1.90. The minimum absolute atomic E-state index is 0.0239. The highest BCUT2D eigenvalue weighted by Gasteiger charge is 2.16. The van der Waals surface area contributed by atoms with Gasteiger partial charge in [-0.25, -0.2) is 0 Å². The molecule has 0 aliphatic rings. The Kier molecular flexibility index (Phi) is 2.83. The van der Waals surface area contributed by atoms with Gasteiger partial charge in [0, 0.05) is 52.6 Å². The van der Waals surface area contributed by atoms with Crippen LogP contribution in [0.5, 0.6) is 0 Å². The van der Waals surface area contributed by atoms with Gasteiger partial charge in [-0.2, -0.15) is 0 Å². The number of aromatic nitrogens is 1. The van der Waals surface area contributed by atoms with Crippen LogP contribution in [0.2, 0.25) is 0 Å². The summed E-state index contributed by atoms with van der Waals surface area (Å²) in [5.41, 5.74) is 1.62. The summed E-state index contributed by atoms with van der Waals surface area (Å²) in [5, 5.41) is 23.2. The first-order valence-corrected chi connectivity index (χ1v) is 6.37. The van der Waals surface area contributed by atoms with Crippen molar-refractivity contribution in [1.29, 1.82) is 0 Å². The maximum absolute atomic E-state index is 10.9. The van der Waals surface area contributed by atoms with E-state index in [1.807, 2.05) is 11.5 Å². The molecule has 1 heterocycles. The topological polar surface area (TPSA) is 91.2 Å². The molecule has 3 aromatic rings. The molecule has 7 heteroatoms. The fourth-order valence-electron chi connectivity index (χ4n) is 2.65. The second kappa shape index (κ2) is 4.55. The second-order valence-electron chi connectivity index (χ2n) is 4.66. The maximum atomic E-state index is 10.9. The Morgan fingerprint density at radius 2 is 1.33 bits per heavy atom. The minimum Gasteiger partial charge on any atom is -0.341 e. The number of nitro groups is 2. The monoisotopic (exact) mass is 285 g/mol. The summed E-state index contributed by atoms with van der Waals surface area (Å²) >= 11 is 0. The first-order chi connectivity index (χ1) is 10.0. The van der Waals surface area contributed by atoms with Gasteiger partial charge in [0.1, 0.15) is 0 Å². The van der Waals surface area contributed by atoms with Crippen molar-refractivity contribution < 1.29 is 9.85 Å². The summed E-state index contributed by atoms with van der Waals surface area (Å²) in [6.45, 7) is 2.64. The third-order valence-corrected chi connectivity index (χ3v) is 3.57. The average Bonchev–Trinajstić information content (AvgIpc) is 2.79. The van der Waals surface area contributed by atoms with Gasteiger partial charge in [0.2, 0.25) is 0 Å². The van der Waals surface area contributed by atoms with Gasteiger partial charge in [-0.15, -0.1) is 0 Å². The van der Waals surface area contributed by atoms with Crippen molar-refractivity contribution >= 4 is 33.2 Å². The number of rotatable bonds is 3. The van der Waals surface area contributed by atoms with Crippen LogP contribution < -0.4 is 0 Å². The molecule has 1 aromatic heterocycles. The Hall–Kier alpha value is -2.96. The fourth-order valence-corrected chi connectivity index (χ4v) is 2.65. The van der Waals surface area contributed by atoms with Crippen molar-refractivity contribution in [1.82, 2.24) is 4.57 Å². The van der Waals surface area contributed by atoms with Crippen molar-refractivity contribution in [3.8, 4) is 0 Å². The Labute approximate surface area is 118 Å². The molecule has 0 N–H and O–H groups in total. The van der Waals surface area contributed by atoms with Gasteiger partial charge in [0.25, 0.3) is 11.4 Å². The van der Waals surface area contributed by atoms with Gasteiger partial charge in [-0.05, 0) is 19.1 Å². The third-order valence-electron chi connectivity index (χ3n) is 3.57. The fraction of sp³-hybridized carbons (Fsp3) is 0.143. The van der Waals surface area contributed by atoms with E-state index in [-0.39, 0.29) is 11.4 Å². The summed E-state index contributed by atoms with van der Waals surface area (Å²) in [7, 11) is 0. The number of hydrogen-bond acceptors (Lipinski definition) is 4. The van der Waals surface area contributed by atoms with E-state index in [4.69, 9.17) is 0 Å². The normalized spacial score (nSPS) is 11.1. The average molecular weight is 285 g/mol. The number of fused-ring (bicyclic) bond motifs is 3. The number of nitrogens with zero attached hydrogens (tertiary/aromatic N) is 3. The van der Waals surface area contributed by atoms with E-state index in [0.717, 1.165) is 11.0 Å². The van der Waals surface area contributed by atoms with E-state index in [9.17, 15) is 20.2 Å². The lowest BCUT2D eigenvalue weighted by molar-refractivity contribution is -0.385. The van der Waals surface area contributed by atoms with Gasteiger partial charge in [-0.1, -0.05) is 0 Å². The van der Waals surface area contributed by atoms with Crippen molar-refractivity contribution in [2.24, 2.45) is 0 Å². The Balaban J connectivity index is 2.45. The Morgan fingerprint density at radius 1 is 0.905 bits per heavy atom. The summed E-state index contributed by atoms with van der Waals surface area (Å²) < 4.78 is 1.98. The van der Waals surface area contributed by atoms with Gasteiger partial charge < -0.3 is 4.57 Å². The molecule has 0 atom stereocenters. The van der Waals surface area contributed by atoms with Crippen LogP contribution in [0.15, 0.2) is 36.4 Å². The number of hydrogen-bond donors (Lipinski definition) is 0. The van der Waals surface area contributed by atoms with E-state index in [1.165, 1.54) is 24.3 Å². The first-order valence-electron chi connectivity index (χ1n) is 6.37. The summed E-state index contributed by atoms with van der Waals surface area (Å²) in [6, 6.07) is 9.19. The Bertz CT molecular complexity index is 827. The van der Waals surface area contributed by atoms with Crippen LogP contribution in [-0.2, 0) is 6.54 Å². The molecular formula is C14H11N3O4. The standard InChI is InChI=1S/C14H11N3O4/c1-2-15-13-5-3-9(16(18)19)7-11(13)12-8-10(17(20)21)4-6-14(12)15/h3-8H,2H2,1H3. The molecule has 0 radical (unpaired) electrons. The molecule has 21 heavy (non-hydrogen) atoms. The predicted octanol–water partition coefficient (Wildman–Crippen LogP) is 3.63. The van der Waals surface area contributed by atoms with Gasteiger partial charge in [0.05, 0.1) is 9.85 Å². The predicted molar refractivity (Wildman–Crippen MR) is 78.4 cm³/mol. The maximum Gasteiger partial charge on any atom is 0.270 e. The zero-order valence-corrected chi connectivity index (χ0v) is 11.1. The van der Waals surface area contributed by atoms with Gasteiger partial charge >= 0.3 is 0 Å². The molecule has 0 bridgehead atoms. The van der Waals surface area contributed by atoms with Crippen molar-refractivity contribution in [2.75, 3.05) is 0 Å². The summed E-state index contributed by atoms with van der Waals surface area (Å²) in [6.07, 6.45) is 0. The van der Waals surface area contributed by atoms with E-state index >= 15 is 0 Å². The summed E-state index contributed by atoms with van der Waals surface area (Å²) in [5.74, 6) is 0. The van der Waals surface area contributed by atoms with Crippen molar-refractivity contribution in [3.63, 3.8) is 0 Å². The highest BCUT2D eigenvalue weighted by Crippen LogP contribution is 2.33. The molecule has 0 spiro atoms. The van der Waals surface area contributed by atoms with Crippen LogP contribution in [0.25, 0.3) is 21.8 Å². The molecule has 0 aliphatic carbocycles. The summed E-state index contributed by atoms with van der Waals surface area (Å²) in [4.78, 5) is 20.9. The number of aryl methyl sites for hydroxylation is 1. The van der Waals surface area contributed by atoms with E-state index in [1.54, 1.807) is 12.1 Å². The molecular weight excluding hydrogens is 274 g/mol. The van der Waals surface area contributed by atoms with Crippen molar-refractivity contribution in [3.05, 3.63) is 56.6 Å².